The Morgan fingerprint density at radius 3 is 2.89 bits per heavy atom. The van der Waals surface area contributed by atoms with Crippen LogP contribution in [0.1, 0.15) is 12.7 Å². The first-order chi connectivity index (χ1) is 13.6. The lowest BCUT2D eigenvalue weighted by molar-refractivity contribution is -0.127. The molecule has 0 radical (unpaired) electrons. The molecule has 1 aromatic carbocycles. The Bertz CT molecular complexity index is 1210. The maximum absolute atomic E-state index is 12.6. The van der Waals surface area contributed by atoms with Crippen molar-refractivity contribution >= 4 is 50.3 Å². The summed E-state index contributed by atoms with van der Waals surface area (Å²) < 4.78 is 2.71. The van der Waals surface area contributed by atoms with Crippen LogP contribution in [0.4, 0.5) is 0 Å². The number of amides is 1. The topological polar surface area (TPSA) is 83.9 Å². The van der Waals surface area contributed by atoms with Crippen LogP contribution in [0.3, 0.4) is 0 Å². The van der Waals surface area contributed by atoms with Crippen LogP contribution < -0.4 is 5.56 Å². The Balaban J connectivity index is 1.45. The number of aryl methyl sites for hydroxylation is 1. The molecule has 0 aliphatic rings. The van der Waals surface area contributed by atoms with E-state index in [-0.39, 0.29) is 23.8 Å². The van der Waals surface area contributed by atoms with Gasteiger partial charge in [0.05, 0.1) is 28.8 Å². The molecule has 7 nitrogen and oxygen atoms in total. The number of aromatic amines is 1. The van der Waals surface area contributed by atoms with Crippen LogP contribution >= 0.6 is 23.1 Å². The molecule has 3 aromatic heterocycles. The van der Waals surface area contributed by atoms with Crippen molar-refractivity contribution in [1.29, 1.82) is 0 Å². The summed E-state index contributed by atoms with van der Waals surface area (Å²) in [6.45, 7) is 3.11. The number of hydrogen-bond acceptors (Lipinski definition) is 6. The minimum absolute atomic E-state index is 0.0484. The van der Waals surface area contributed by atoms with Crippen molar-refractivity contribution < 1.29 is 4.79 Å². The Kier molecular flexibility index (Phi) is 5.19. The van der Waals surface area contributed by atoms with E-state index in [2.05, 4.69) is 26.4 Å². The highest BCUT2D eigenvalue weighted by Crippen LogP contribution is 2.24. The van der Waals surface area contributed by atoms with E-state index in [1.54, 1.807) is 11.9 Å². The molecular formula is C19H19N5O2S2. The number of nitrogens with one attached hydrogen (secondary N) is 1. The lowest BCUT2D eigenvalue weighted by Crippen LogP contribution is -2.29. The van der Waals surface area contributed by atoms with Crippen LogP contribution in [0.5, 0.6) is 0 Å². The van der Waals surface area contributed by atoms with Gasteiger partial charge in [0.2, 0.25) is 5.91 Å². The summed E-state index contributed by atoms with van der Waals surface area (Å²) in [6.07, 6.45) is 0. The number of thioether (sulfide) groups is 1. The van der Waals surface area contributed by atoms with Crippen LogP contribution in [0.25, 0.3) is 21.3 Å². The summed E-state index contributed by atoms with van der Waals surface area (Å²) in [5.74, 6) is 0.704. The second-order valence-electron chi connectivity index (χ2n) is 6.31. The second-order valence-corrected chi connectivity index (χ2v) is 8.17. The Labute approximate surface area is 169 Å². The maximum atomic E-state index is 12.6. The van der Waals surface area contributed by atoms with Gasteiger partial charge >= 0.3 is 0 Å². The number of rotatable bonds is 6. The molecule has 0 atom stereocenters. The van der Waals surface area contributed by atoms with Crippen LogP contribution in [0, 0.1) is 0 Å². The highest BCUT2D eigenvalue weighted by atomic mass is 32.2. The third kappa shape index (κ3) is 3.55. The summed E-state index contributed by atoms with van der Waals surface area (Å²) in [7, 11) is 1.71. The van der Waals surface area contributed by atoms with E-state index < -0.39 is 0 Å². The number of benzene rings is 1. The SMILES string of the molecule is CCn1c(SCC(=O)N(C)Cc2nc3ccsc3c(=O)[nH]2)nc2ccccc21. The molecule has 0 spiro atoms. The fraction of sp³-hybridized carbons (Fsp3) is 0.263. The molecule has 0 unspecified atom stereocenters. The molecule has 0 saturated heterocycles. The van der Waals surface area contributed by atoms with Crippen LogP contribution in [-0.2, 0) is 17.9 Å². The van der Waals surface area contributed by atoms with Gasteiger partial charge in [-0.1, -0.05) is 23.9 Å². The van der Waals surface area contributed by atoms with E-state index in [0.29, 0.717) is 16.0 Å². The molecule has 0 bridgehead atoms. The Hall–Kier alpha value is -2.65. The van der Waals surface area contributed by atoms with E-state index in [9.17, 15) is 9.59 Å². The quantitative estimate of drug-likeness (QED) is 0.491. The Morgan fingerprint density at radius 1 is 1.25 bits per heavy atom. The standard InChI is InChI=1S/C19H19N5O2S2/c1-3-24-14-7-5-4-6-12(14)21-19(24)28-11-16(25)23(2)10-15-20-13-8-9-27-17(13)18(26)22-15/h4-9H,3,10-11H2,1-2H3,(H,20,22,26). The van der Waals surface area contributed by atoms with Gasteiger partial charge in [-0.2, -0.15) is 0 Å². The third-order valence-electron chi connectivity index (χ3n) is 4.44. The van der Waals surface area contributed by atoms with Crippen LogP contribution in [-0.4, -0.2) is 43.1 Å². The highest BCUT2D eigenvalue weighted by molar-refractivity contribution is 7.99. The molecular weight excluding hydrogens is 394 g/mol. The van der Waals surface area contributed by atoms with Gasteiger partial charge in [-0.15, -0.1) is 11.3 Å². The number of nitrogens with zero attached hydrogens (tertiary/aromatic N) is 4. The average Bonchev–Trinajstić information content (AvgIpc) is 3.30. The zero-order chi connectivity index (χ0) is 19.7. The number of hydrogen-bond donors (Lipinski definition) is 1. The van der Waals surface area contributed by atoms with Gasteiger partial charge < -0.3 is 14.5 Å². The molecule has 28 heavy (non-hydrogen) atoms. The summed E-state index contributed by atoms with van der Waals surface area (Å²) in [5, 5.41) is 2.67. The molecule has 3 heterocycles. The zero-order valence-electron chi connectivity index (χ0n) is 15.5. The van der Waals surface area contributed by atoms with E-state index >= 15 is 0 Å². The van der Waals surface area contributed by atoms with E-state index in [1.807, 2.05) is 35.7 Å². The molecule has 1 N–H and O–H groups in total. The van der Waals surface area contributed by atoms with Crippen molar-refractivity contribution in [2.24, 2.45) is 0 Å². The molecule has 9 heteroatoms. The summed E-state index contributed by atoms with van der Waals surface area (Å²) in [6, 6.07) is 9.77. The number of aromatic nitrogens is 4. The number of H-pyrrole nitrogens is 1. The van der Waals surface area contributed by atoms with Crippen molar-refractivity contribution in [1.82, 2.24) is 24.4 Å². The molecule has 4 rings (SSSR count). The van der Waals surface area contributed by atoms with Crippen LogP contribution in [0.2, 0.25) is 0 Å². The van der Waals surface area contributed by atoms with Gasteiger partial charge in [-0.25, -0.2) is 9.97 Å². The normalized spacial score (nSPS) is 11.4. The predicted octanol–water partition coefficient (Wildman–Crippen LogP) is 3.10. The zero-order valence-corrected chi connectivity index (χ0v) is 17.1. The Morgan fingerprint density at radius 2 is 2.07 bits per heavy atom. The molecule has 0 fully saturated rings. The van der Waals surface area contributed by atoms with Gasteiger partial charge in [-0.3, -0.25) is 9.59 Å². The fourth-order valence-electron chi connectivity index (χ4n) is 3.01. The van der Waals surface area contributed by atoms with Gasteiger partial charge in [-0.05, 0) is 30.5 Å². The number of fused-ring (bicyclic) bond motifs is 2. The highest BCUT2D eigenvalue weighted by Gasteiger charge is 2.16. The lowest BCUT2D eigenvalue weighted by atomic mass is 10.3. The van der Waals surface area contributed by atoms with E-state index in [4.69, 9.17) is 0 Å². The van der Waals surface area contributed by atoms with Gasteiger partial charge in [0.25, 0.3) is 5.56 Å². The third-order valence-corrected chi connectivity index (χ3v) is 6.30. The van der Waals surface area contributed by atoms with E-state index in [1.165, 1.54) is 23.1 Å². The molecule has 1 amide bonds. The first-order valence-electron chi connectivity index (χ1n) is 8.85. The van der Waals surface area contributed by atoms with Crippen molar-refractivity contribution in [3.05, 3.63) is 51.9 Å². The molecule has 144 valence electrons. The predicted molar refractivity (Wildman–Crippen MR) is 113 cm³/mol. The smallest absolute Gasteiger partial charge is 0.268 e. The molecule has 4 aromatic rings. The first-order valence-corrected chi connectivity index (χ1v) is 10.7. The fourth-order valence-corrected chi connectivity index (χ4v) is 4.76. The van der Waals surface area contributed by atoms with E-state index in [0.717, 1.165) is 22.7 Å². The van der Waals surface area contributed by atoms with Crippen molar-refractivity contribution in [3.8, 4) is 0 Å². The number of para-hydroxylation sites is 2. The molecule has 0 aliphatic heterocycles. The molecule has 0 aliphatic carbocycles. The largest absolute Gasteiger partial charge is 0.338 e. The average molecular weight is 414 g/mol. The summed E-state index contributed by atoms with van der Waals surface area (Å²) in [4.78, 5) is 38.1. The number of imidazole rings is 1. The minimum Gasteiger partial charge on any atom is -0.338 e. The summed E-state index contributed by atoms with van der Waals surface area (Å²) in [5.41, 5.74) is 2.50. The van der Waals surface area contributed by atoms with Gasteiger partial charge in [0.1, 0.15) is 10.5 Å². The van der Waals surface area contributed by atoms with Gasteiger partial charge in [0.15, 0.2) is 5.16 Å². The maximum Gasteiger partial charge on any atom is 0.268 e. The molecule has 0 saturated carbocycles. The lowest BCUT2D eigenvalue weighted by Gasteiger charge is -2.16. The first kappa shape index (κ1) is 18.7. The van der Waals surface area contributed by atoms with Crippen LogP contribution in [0.15, 0.2) is 45.7 Å². The van der Waals surface area contributed by atoms with Crippen molar-refractivity contribution in [2.75, 3.05) is 12.8 Å². The monoisotopic (exact) mass is 413 g/mol. The van der Waals surface area contributed by atoms with Gasteiger partial charge in [0, 0.05) is 13.6 Å². The second kappa shape index (κ2) is 7.76. The van der Waals surface area contributed by atoms with Crippen molar-refractivity contribution in [3.63, 3.8) is 0 Å². The number of thiophene rings is 1. The minimum atomic E-state index is -0.165. The number of carbonyl (C=O) groups is 1. The van der Waals surface area contributed by atoms with Crippen molar-refractivity contribution in [2.45, 2.75) is 25.2 Å². The number of carbonyl (C=O) groups excluding carboxylic acids is 1. The summed E-state index contributed by atoms with van der Waals surface area (Å²) >= 11 is 2.78.